The Hall–Kier alpha value is -3.17. The Bertz CT molecular complexity index is 1110. The van der Waals surface area contributed by atoms with Crippen LogP contribution in [-0.2, 0) is 0 Å². The summed E-state index contributed by atoms with van der Waals surface area (Å²) in [5, 5.41) is 7.04. The number of nitrogens with one attached hydrogen (secondary N) is 2. The van der Waals surface area contributed by atoms with Crippen LogP contribution >= 0.6 is 11.8 Å². The van der Waals surface area contributed by atoms with Crippen molar-refractivity contribution in [3.8, 4) is 11.1 Å². The minimum atomic E-state index is 1.09. The lowest BCUT2D eigenvalue weighted by Crippen LogP contribution is -1.99. The smallest absolute Gasteiger partial charge is 0.0532 e. The van der Waals surface area contributed by atoms with E-state index in [9.17, 15) is 0 Å². The van der Waals surface area contributed by atoms with Crippen molar-refractivity contribution >= 4 is 34.5 Å². The molecule has 0 aromatic heterocycles. The second-order valence-electron chi connectivity index (χ2n) is 6.51. The van der Waals surface area contributed by atoms with E-state index in [4.69, 9.17) is 0 Å². The van der Waals surface area contributed by atoms with Gasteiger partial charge in [-0.05, 0) is 59.7 Å². The first kappa shape index (κ1) is 16.0. The molecule has 0 radical (unpaired) electrons. The Balaban J connectivity index is 1.45. The molecule has 0 amide bonds. The molecule has 27 heavy (non-hydrogen) atoms. The molecular formula is C24H18N2S. The van der Waals surface area contributed by atoms with Crippen LogP contribution in [0.3, 0.4) is 0 Å². The van der Waals surface area contributed by atoms with Gasteiger partial charge in [0.2, 0.25) is 0 Å². The number of benzene rings is 4. The molecule has 130 valence electrons. The van der Waals surface area contributed by atoms with Gasteiger partial charge in [0.25, 0.3) is 0 Å². The van der Waals surface area contributed by atoms with Crippen molar-refractivity contribution in [2.45, 2.75) is 9.79 Å². The number of rotatable bonds is 3. The maximum Gasteiger partial charge on any atom is 0.0532 e. The number of hydrogen-bond acceptors (Lipinski definition) is 3. The summed E-state index contributed by atoms with van der Waals surface area (Å²) in [5.74, 6) is 0. The van der Waals surface area contributed by atoms with E-state index in [-0.39, 0.29) is 0 Å². The molecule has 0 aliphatic carbocycles. The molecule has 1 heterocycles. The minimum Gasteiger partial charge on any atom is -0.356 e. The zero-order valence-electron chi connectivity index (χ0n) is 14.6. The Morgan fingerprint density at radius 1 is 0.556 bits per heavy atom. The summed E-state index contributed by atoms with van der Waals surface area (Å²) in [7, 11) is 0. The molecule has 1 aliphatic rings. The normalized spacial score (nSPS) is 11.9. The third kappa shape index (κ3) is 3.29. The predicted molar refractivity (Wildman–Crippen MR) is 115 cm³/mol. The summed E-state index contributed by atoms with van der Waals surface area (Å²) >= 11 is 1.82. The first-order chi connectivity index (χ1) is 13.3. The van der Waals surface area contributed by atoms with E-state index in [1.165, 1.54) is 26.6 Å². The van der Waals surface area contributed by atoms with E-state index in [1.54, 1.807) is 0 Å². The van der Waals surface area contributed by atoms with Crippen LogP contribution in [0.25, 0.3) is 11.1 Å². The summed E-state index contributed by atoms with van der Waals surface area (Å²) < 4.78 is 0. The highest BCUT2D eigenvalue weighted by Gasteiger charge is 2.15. The molecule has 0 saturated carbocycles. The molecule has 0 atom stereocenters. The van der Waals surface area contributed by atoms with Gasteiger partial charge in [0.05, 0.1) is 11.4 Å². The van der Waals surface area contributed by atoms with Gasteiger partial charge in [0, 0.05) is 21.2 Å². The molecule has 0 unspecified atom stereocenters. The summed E-state index contributed by atoms with van der Waals surface area (Å²) in [5.41, 5.74) is 6.92. The van der Waals surface area contributed by atoms with E-state index in [1.807, 2.05) is 30.0 Å². The van der Waals surface area contributed by atoms with Crippen molar-refractivity contribution in [3.63, 3.8) is 0 Å². The van der Waals surface area contributed by atoms with Crippen molar-refractivity contribution in [1.82, 2.24) is 0 Å². The SMILES string of the molecule is c1ccc(Nc2cccc(-c3ccc4c(c3)Nc3ccccc3S4)c2)cc1. The molecule has 5 rings (SSSR count). The first-order valence-electron chi connectivity index (χ1n) is 8.96. The molecule has 2 N–H and O–H groups in total. The average Bonchev–Trinajstić information content (AvgIpc) is 2.73. The van der Waals surface area contributed by atoms with Gasteiger partial charge in [-0.1, -0.05) is 60.3 Å². The Morgan fingerprint density at radius 2 is 1.30 bits per heavy atom. The second kappa shape index (κ2) is 6.86. The molecule has 0 saturated heterocycles. The van der Waals surface area contributed by atoms with Gasteiger partial charge < -0.3 is 10.6 Å². The molecule has 4 aromatic carbocycles. The minimum absolute atomic E-state index is 1.09. The first-order valence-corrected chi connectivity index (χ1v) is 9.77. The lowest BCUT2D eigenvalue weighted by Gasteiger charge is -2.21. The lowest BCUT2D eigenvalue weighted by atomic mass is 10.0. The summed E-state index contributed by atoms with van der Waals surface area (Å²) in [6.45, 7) is 0. The van der Waals surface area contributed by atoms with Gasteiger partial charge in [-0.25, -0.2) is 0 Å². The van der Waals surface area contributed by atoms with Crippen LogP contribution in [0.4, 0.5) is 22.7 Å². The average molecular weight is 366 g/mol. The molecule has 1 aliphatic heterocycles. The van der Waals surface area contributed by atoms with Crippen molar-refractivity contribution < 1.29 is 0 Å². The fourth-order valence-electron chi connectivity index (χ4n) is 3.28. The summed E-state index contributed by atoms with van der Waals surface area (Å²) in [4.78, 5) is 2.53. The Labute approximate surface area is 163 Å². The van der Waals surface area contributed by atoms with E-state index < -0.39 is 0 Å². The molecule has 3 heteroatoms. The van der Waals surface area contributed by atoms with E-state index in [0.29, 0.717) is 0 Å². The highest BCUT2D eigenvalue weighted by molar-refractivity contribution is 7.99. The molecular weight excluding hydrogens is 348 g/mol. The number of anilines is 4. The molecule has 0 spiro atoms. The number of para-hydroxylation sites is 2. The highest BCUT2D eigenvalue weighted by atomic mass is 32.2. The number of fused-ring (bicyclic) bond motifs is 2. The monoisotopic (exact) mass is 366 g/mol. The van der Waals surface area contributed by atoms with Gasteiger partial charge in [0.1, 0.15) is 0 Å². The van der Waals surface area contributed by atoms with E-state index >= 15 is 0 Å². The van der Waals surface area contributed by atoms with Gasteiger partial charge in [0.15, 0.2) is 0 Å². The zero-order chi connectivity index (χ0) is 18.1. The van der Waals surface area contributed by atoms with E-state index in [2.05, 4.69) is 89.5 Å². The zero-order valence-corrected chi connectivity index (χ0v) is 15.5. The van der Waals surface area contributed by atoms with Crippen LogP contribution < -0.4 is 10.6 Å². The van der Waals surface area contributed by atoms with Gasteiger partial charge in [-0.15, -0.1) is 0 Å². The Kier molecular flexibility index (Phi) is 4.07. The van der Waals surface area contributed by atoms with Crippen molar-refractivity contribution in [1.29, 1.82) is 0 Å². The van der Waals surface area contributed by atoms with Crippen LogP contribution in [-0.4, -0.2) is 0 Å². The third-order valence-corrected chi connectivity index (χ3v) is 5.77. The Morgan fingerprint density at radius 3 is 2.22 bits per heavy atom. The second-order valence-corrected chi connectivity index (χ2v) is 7.59. The maximum atomic E-state index is 3.57. The van der Waals surface area contributed by atoms with Crippen LogP contribution in [0, 0.1) is 0 Å². The van der Waals surface area contributed by atoms with E-state index in [0.717, 1.165) is 17.1 Å². The van der Waals surface area contributed by atoms with Crippen LogP contribution in [0.5, 0.6) is 0 Å². The molecule has 2 nitrogen and oxygen atoms in total. The fraction of sp³-hybridized carbons (Fsp3) is 0. The largest absolute Gasteiger partial charge is 0.356 e. The highest BCUT2D eigenvalue weighted by Crippen LogP contribution is 2.45. The van der Waals surface area contributed by atoms with Crippen LogP contribution in [0.1, 0.15) is 0 Å². The lowest BCUT2D eigenvalue weighted by molar-refractivity contribution is 1.31. The van der Waals surface area contributed by atoms with Gasteiger partial charge in [-0.2, -0.15) is 0 Å². The van der Waals surface area contributed by atoms with Gasteiger partial charge >= 0.3 is 0 Å². The van der Waals surface area contributed by atoms with Crippen molar-refractivity contribution in [2.24, 2.45) is 0 Å². The summed E-state index contributed by atoms with van der Waals surface area (Å²) in [6, 6.07) is 33.9. The third-order valence-electron chi connectivity index (χ3n) is 4.61. The standard InChI is InChI=1S/C24H18N2S/c1-2-8-19(9-3-1)25-20-10-6-7-17(15-20)18-13-14-24-22(16-18)26-21-11-4-5-12-23(21)27-24/h1-16,25-26H. The van der Waals surface area contributed by atoms with Crippen molar-refractivity contribution in [3.05, 3.63) is 97.1 Å². The quantitative estimate of drug-likeness (QED) is 0.350. The molecule has 0 fully saturated rings. The summed E-state index contributed by atoms with van der Waals surface area (Å²) in [6.07, 6.45) is 0. The fourth-order valence-corrected chi connectivity index (χ4v) is 4.25. The van der Waals surface area contributed by atoms with Crippen LogP contribution in [0.2, 0.25) is 0 Å². The topological polar surface area (TPSA) is 24.1 Å². The predicted octanol–water partition coefficient (Wildman–Crippen LogP) is 7.31. The maximum absolute atomic E-state index is 3.57. The van der Waals surface area contributed by atoms with Crippen LogP contribution in [0.15, 0.2) is 107 Å². The molecule has 4 aromatic rings. The van der Waals surface area contributed by atoms with Gasteiger partial charge in [-0.3, -0.25) is 0 Å². The van der Waals surface area contributed by atoms with Crippen molar-refractivity contribution in [2.75, 3.05) is 10.6 Å². The molecule has 0 bridgehead atoms. The number of hydrogen-bond donors (Lipinski definition) is 2.